The molecule has 116 valence electrons. The van der Waals surface area contributed by atoms with Crippen LogP contribution < -0.4 is 5.73 Å². The normalized spacial score (nSPS) is 24.6. The van der Waals surface area contributed by atoms with E-state index in [-0.39, 0.29) is 5.41 Å². The molecule has 1 aromatic carbocycles. The summed E-state index contributed by atoms with van der Waals surface area (Å²) in [6, 6.07) is 6.80. The van der Waals surface area contributed by atoms with Gasteiger partial charge in [-0.05, 0) is 67.1 Å². The Bertz CT molecular complexity index is 501. The van der Waals surface area contributed by atoms with Gasteiger partial charge in [0.2, 0.25) is 0 Å². The van der Waals surface area contributed by atoms with Crippen LogP contribution in [0.4, 0.5) is 0 Å². The molecule has 0 amide bonds. The van der Waals surface area contributed by atoms with Gasteiger partial charge in [-0.25, -0.2) is 0 Å². The maximum absolute atomic E-state index is 6.64. The molecular weight excluding hydrogens is 278 g/mol. The Morgan fingerprint density at radius 1 is 1.14 bits per heavy atom. The van der Waals surface area contributed by atoms with E-state index in [4.69, 9.17) is 17.3 Å². The van der Waals surface area contributed by atoms with Gasteiger partial charge in [-0.2, -0.15) is 0 Å². The van der Waals surface area contributed by atoms with Gasteiger partial charge in [-0.1, -0.05) is 44.0 Å². The lowest BCUT2D eigenvalue weighted by Crippen LogP contribution is -2.41. The van der Waals surface area contributed by atoms with E-state index in [0.29, 0.717) is 11.3 Å². The van der Waals surface area contributed by atoms with Crippen molar-refractivity contribution in [3.05, 3.63) is 34.3 Å². The van der Waals surface area contributed by atoms with Gasteiger partial charge >= 0.3 is 0 Å². The van der Waals surface area contributed by atoms with E-state index in [1.54, 1.807) is 0 Å². The molecule has 21 heavy (non-hydrogen) atoms. The highest BCUT2D eigenvalue weighted by Crippen LogP contribution is 2.47. The maximum Gasteiger partial charge on any atom is 0.0443 e. The van der Waals surface area contributed by atoms with E-state index >= 15 is 0 Å². The molecule has 0 atom stereocenters. The molecule has 3 rings (SSSR count). The van der Waals surface area contributed by atoms with E-state index in [1.807, 2.05) is 0 Å². The van der Waals surface area contributed by atoms with Crippen molar-refractivity contribution in [2.75, 3.05) is 6.54 Å². The highest BCUT2D eigenvalue weighted by Gasteiger charge is 2.38. The average Bonchev–Trinajstić information content (AvgIpc) is 2.39. The first kappa shape index (κ1) is 15.4. The molecule has 1 aromatic rings. The summed E-state index contributed by atoms with van der Waals surface area (Å²) >= 11 is 6.64. The highest BCUT2D eigenvalue weighted by atomic mass is 35.5. The van der Waals surface area contributed by atoms with E-state index < -0.39 is 0 Å². The first-order valence-electron chi connectivity index (χ1n) is 8.46. The molecule has 0 spiro atoms. The molecule has 0 heterocycles. The summed E-state index contributed by atoms with van der Waals surface area (Å²) in [6.45, 7) is 5.52. The van der Waals surface area contributed by atoms with Crippen LogP contribution >= 0.6 is 11.6 Å². The zero-order valence-electron chi connectivity index (χ0n) is 13.4. The summed E-state index contributed by atoms with van der Waals surface area (Å²) in [5.74, 6) is 0.648. The van der Waals surface area contributed by atoms with Gasteiger partial charge in [0.1, 0.15) is 0 Å². The summed E-state index contributed by atoms with van der Waals surface area (Å²) in [5, 5.41) is 0.969. The van der Waals surface area contributed by atoms with E-state index in [1.165, 1.54) is 56.1 Å². The largest absolute Gasteiger partial charge is 0.330 e. The fourth-order valence-corrected chi connectivity index (χ4v) is 4.45. The van der Waals surface area contributed by atoms with Gasteiger partial charge in [0.25, 0.3) is 0 Å². The van der Waals surface area contributed by atoms with Crippen LogP contribution in [0.25, 0.3) is 0 Å². The topological polar surface area (TPSA) is 26.0 Å². The molecule has 2 saturated carbocycles. The number of nitrogens with two attached hydrogens (primary N) is 1. The number of rotatable bonds is 3. The van der Waals surface area contributed by atoms with E-state index in [0.717, 1.165) is 11.6 Å². The molecule has 0 aliphatic heterocycles. The highest BCUT2D eigenvalue weighted by molar-refractivity contribution is 6.31. The van der Waals surface area contributed by atoms with Crippen molar-refractivity contribution in [2.45, 2.75) is 70.1 Å². The summed E-state index contributed by atoms with van der Waals surface area (Å²) in [6.07, 6.45) is 8.90. The van der Waals surface area contributed by atoms with Crippen LogP contribution in [0.15, 0.2) is 18.2 Å². The minimum absolute atomic E-state index is 0.219. The maximum atomic E-state index is 6.64. The third kappa shape index (κ3) is 2.87. The summed E-state index contributed by atoms with van der Waals surface area (Å²) < 4.78 is 0. The Kier molecular flexibility index (Phi) is 4.09. The van der Waals surface area contributed by atoms with Crippen LogP contribution in [-0.2, 0) is 5.41 Å². The van der Waals surface area contributed by atoms with E-state index in [2.05, 4.69) is 32.0 Å². The molecule has 2 aliphatic rings. The number of hydrogen-bond acceptors (Lipinski definition) is 1. The van der Waals surface area contributed by atoms with Crippen LogP contribution in [0.3, 0.4) is 0 Å². The fraction of sp³-hybridized carbons (Fsp3) is 0.684. The van der Waals surface area contributed by atoms with Crippen LogP contribution in [-0.4, -0.2) is 6.54 Å². The SMILES string of the molecule is CC1(C)CCC(c2ccc(C3(CN)CCC3)cc2Cl)CC1. The number of hydrogen-bond donors (Lipinski definition) is 1. The van der Waals surface area contributed by atoms with Crippen LogP contribution in [0, 0.1) is 5.41 Å². The van der Waals surface area contributed by atoms with Gasteiger partial charge in [0.15, 0.2) is 0 Å². The molecular formula is C19H28ClN. The zero-order valence-corrected chi connectivity index (χ0v) is 14.2. The third-order valence-electron chi connectivity index (χ3n) is 6.09. The summed E-state index contributed by atoms with van der Waals surface area (Å²) in [7, 11) is 0. The molecule has 2 fully saturated rings. The molecule has 0 bridgehead atoms. The molecule has 2 aliphatic carbocycles. The van der Waals surface area contributed by atoms with Gasteiger partial charge < -0.3 is 5.73 Å². The lowest BCUT2D eigenvalue weighted by atomic mass is 9.64. The molecule has 0 unspecified atom stereocenters. The van der Waals surface area contributed by atoms with Crippen LogP contribution in [0.1, 0.15) is 75.8 Å². The van der Waals surface area contributed by atoms with Crippen molar-refractivity contribution in [3.63, 3.8) is 0 Å². The van der Waals surface area contributed by atoms with Gasteiger partial charge in [0.05, 0.1) is 0 Å². The van der Waals surface area contributed by atoms with Crippen LogP contribution in [0.5, 0.6) is 0 Å². The van der Waals surface area contributed by atoms with Crippen LogP contribution in [0.2, 0.25) is 5.02 Å². The fourth-order valence-electron chi connectivity index (χ4n) is 4.11. The first-order chi connectivity index (χ1) is 9.96. The quantitative estimate of drug-likeness (QED) is 0.794. The summed E-state index contributed by atoms with van der Waals surface area (Å²) in [5.41, 5.74) is 9.48. The second-order valence-corrected chi connectivity index (χ2v) is 8.42. The molecule has 2 N–H and O–H groups in total. The molecule has 0 radical (unpaired) electrons. The van der Waals surface area contributed by atoms with E-state index in [9.17, 15) is 0 Å². The molecule has 0 saturated heterocycles. The molecule has 1 nitrogen and oxygen atoms in total. The van der Waals surface area contributed by atoms with Crippen molar-refractivity contribution in [1.82, 2.24) is 0 Å². The number of benzene rings is 1. The molecule has 2 heteroatoms. The minimum Gasteiger partial charge on any atom is -0.330 e. The van der Waals surface area contributed by atoms with Crippen molar-refractivity contribution in [3.8, 4) is 0 Å². The lowest BCUT2D eigenvalue weighted by Gasteiger charge is -2.42. The monoisotopic (exact) mass is 305 g/mol. The predicted octanol–water partition coefficient (Wildman–Crippen LogP) is 5.40. The zero-order chi connectivity index (χ0) is 15.1. The Balaban J connectivity index is 1.79. The third-order valence-corrected chi connectivity index (χ3v) is 6.42. The van der Waals surface area contributed by atoms with Gasteiger partial charge in [0, 0.05) is 17.0 Å². The van der Waals surface area contributed by atoms with Gasteiger partial charge in [-0.3, -0.25) is 0 Å². The van der Waals surface area contributed by atoms with Crippen molar-refractivity contribution >= 4 is 11.6 Å². The summed E-state index contributed by atoms with van der Waals surface area (Å²) in [4.78, 5) is 0. The van der Waals surface area contributed by atoms with Crippen molar-refractivity contribution < 1.29 is 0 Å². The Morgan fingerprint density at radius 2 is 1.81 bits per heavy atom. The molecule has 0 aromatic heterocycles. The van der Waals surface area contributed by atoms with Crippen molar-refractivity contribution in [1.29, 1.82) is 0 Å². The number of halogens is 1. The first-order valence-corrected chi connectivity index (χ1v) is 8.84. The smallest absolute Gasteiger partial charge is 0.0443 e. The van der Waals surface area contributed by atoms with Crippen molar-refractivity contribution in [2.24, 2.45) is 11.1 Å². The Labute approximate surface area is 134 Å². The van der Waals surface area contributed by atoms with Gasteiger partial charge in [-0.15, -0.1) is 0 Å². The second-order valence-electron chi connectivity index (χ2n) is 8.01. The Hall–Kier alpha value is -0.530. The lowest BCUT2D eigenvalue weighted by molar-refractivity contribution is 0.224. The average molecular weight is 306 g/mol. The standard InChI is InChI=1S/C19H28ClN/c1-18(2)10-6-14(7-11-18)16-5-4-15(12-17(16)20)19(13-21)8-3-9-19/h4-5,12,14H,3,6-11,13,21H2,1-2H3. The second kappa shape index (κ2) is 5.59. The predicted molar refractivity (Wildman–Crippen MR) is 91.0 cm³/mol. The minimum atomic E-state index is 0.219. The Morgan fingerprint density at radius 3 is 2.29 bits per heavy atom.